The fraction of sp³-hybridized carbons (Fsp3) is 0.333. The van der Waals surface area contributed by atoms with Crippen LogP contribution >= 0.6 is 11.8 Å². The average Bonchev–Trinajstić information content (AvgIpc) is 1.95. The minimum atomic E-state index is -4.33. The number of alkyl halides is 3. The van der Waals surface area contributed by atoms with Gasteiger partial charge in [0.2, 0.25) is 0 Å². The molecule has 0 N–H and O–H groups in total. The molecule has 0 saturated carbocycles. The number of hydrogen-bond acceptors (Lipinski definition) is 1. The Morgan fingerprint density at radius 1 is 1.07 bits per heavy atom. The molecule has 0 aliphatic rings. The van der Waals surface area contributed by atoms with Crippen molar-refractivity contribution >= 4 is 11.8 Å². The maximum Gasteiger partial charge on any atom is 0.446 e. The third-order valence-electron chi connectivity index (χ3n) is 1.64. The first kappa shape index (κ1) is 11.4. The molecule has 5 heteroatoms. The smallest absolute Gasteiger partial charge is 0.207 e. The van der Waals surface area contributed by atoms with Crippen molar-refractivity contribution in [3.8, 4) is 0 Å². The summed E-state index contributed by atoms with van der Waals surface area (Å²) in [5.41, 5.74) is -3.71. The predicted octanol–water partition coefficient (Wildman–Crippen LogP) is 4.05. The quantitative estimate of drug-likeness (QED) is 0.512. The zero-order valence-corrected chi connectivity index (χ0v) is 8.39. The first-order valence-corrected chi connectivity index (χ1v) is 4.64. The van der Waals surface area contributed by atoms with Crippen LogP contribution in [0.4, 0.5) is 17.6 Å². The van der Waals surface area contributed by atoms with E-state index in [1.54, 1.807) is 0 Å². The van der Waals surface area contributed by atoms with Gasteiger partial charge in [0.1, 0.15) is 5.82 Å². The van der Waals surface area contributed by atoms with Crippen molar-refractivity contribution in [2.24, 2.45) is 0 Å². The third kappa shape index (κ3) is 2.90. The lowest BCUT2D eigenvalue weighted by Crippen LogP contribution is -2.01. The van der Waals surface area contributed by atoms with E-state index in [0.717, 1.165) is 12.1 Å². The Balaban J connectivity index is 3.09. The van der Waals surface area contributed by atoms with E-state index in [1.165, 1.54) is 13.8 Å². The molecule has 14 heavy (non-hydrogen) atoms. The zero-order valence-electron chi connectivity index (χ0n) is 7.57. The minimum Gasteiger partial charge on any atom is -0.207 e. The van der Waals surface area contributed by atoms with Crippen LogP contribution in [-0.2, 0) is 0 Å². The molecule has 0 bridgehead atoms. The summed E-state index contributed by atoms with van der Waals surface area (Å²) in [5.74, 6) is -0.508. The van der Waals surface area contributed by atoms with E-state index < -0.39 is 11.3 Å². The zero-order chi connectivity index (χ0) is 10.9. The average molecular weight is 224 g/mol. The number of aryl methyl sites for hydroxylation is 2. The highest BCUT2D eigenvalue weighted by atomic mass is 32.2. The summed E-state index contributed by atoms with van der Waals surface area (Å²) >= 11 is -0.204. The van der Waals surface area contributed by atoms with Gasteiger partial charge in [-0.3, -0.25) is 0 Å². The fourth-order valence-corrected chi connectivity index (χ4v) is 1.85. The lowest BCUT2D eigenvalue weighted by atomic mass is 10.1. The molecular formula is C9H8F4S. The molecule has 0 saturated heterocycles. The molecule has 0 aromatic heterocycles. The Bertz CT molecular complexity index is 320. The molecule has 0 fully saturated rings. The van der Waals surface area contributed by atoms with Crippen molar-refractivity contribution in [1.82, 2.24) is 0 Å². The van der Waals surface area contributed by atoms with Gasteiger partial charge in [0.25, 0.3) is 0 Å². The first-order chi connectivity index (χ1) is 6.29. The molecule has 1 aromatic carbocycles. The molecule has 0 aliphatic carbocycles. The number of halogens is 4. The van der Waals surface area contributed by atoms with E-state index in [0.29, 0.717) is 11.1 Å². The van der Waals surface area contributed by atoms with Gasteiger partial charge in [-0.25, -0.2) is 4.39 Å². The lowest BCUT2D eigenvalue weighted by Gasteiger charge is -2.11. The molecule has 0 spiro atoms. The van der Waals surface area contributed by atoms with Gasteiger partial charge in [0, 0.05) is 4.90 Å². The van der Waals surface area contributed by atoms with Crippen LogP contribution in [0.5, 0.6) is 0 Å². The summed E-state index contributed by atoms with van der Waals surface area (Å²) in [5, 5.41) is 0. The summed E-state index contributed by atoms with van der Waals surface area (Å²) in [6.45, 7) is 2.92. The summed E-state index contributed by atoms with van der Waals surface area (Å²) in [7, 11) is 0. The minimum absolute atomic E-state index is 0.0823. The molecule has 1 rings (SSSR count). The van der Waals surface area contributed by atoms with Gasteiger partial charge < -0.3 is 0 Å². The van der Waals surface area contributed by atoms with Gasteiger partial charge in [-0.2, -0.15) is 13.2 Å². The van der Waals surface area contributed by atoms with Gasteiger partial charge in [-0.15, -0.1) is 0 Å². The summed E-state index contributed by atoms with van der Waals surface area (Å²) < 4.78 is 49.0. The molecule has 0 heterocycles. The van der Waals surface area contributed by atoms with E-state index in [2.05, 4.69) is 0 Å². The Kier molecular flexibility index (Phi) is 3.09. The second-order valence-electron chi connectivity index (χ2n) is 2.92. The molecule has 1 aromatic rings. The maximum absolute atomic E-state index is 12.8. The molecule has 0 unspecified atom stereocenters. The highest BCUT2D eigenvalue weighted by Crippen LogP contribution is 2.40. The van der Waals surface area contributed by atoms with E-state index in [9.17, 15) is 17.6 Å². The molecule has 0 radical (unpaired) electrons. The number of rotatable bonds is 1. The van der Waals surface area contributed by atoms with Crippen molar-refractivity contribution in [2.75, 3.05) is 0 Å². The second kappa shape index (κ2) is 3.81. The van der Waals surface area contributed by atoms with Crippen molar-refractivity contribution in [3.63, 3.8) is 0 Å². The van der Waals surface area contributed by atoms with Crippen LogP contribution in [-0.4, -0.2) is 5.51 Å². The SMILES string of the molecule is Cc1cc(F)cc(C)c1SC(F)(F)F. The third-order valence-corrected chi connectivity index (χ3v) is 2.72. The number of benzene rings is 1. The Morgan fingerprint density at radius 3 is 1.86 bits per heavy atom. The van der Waals surface area contributed by atoms with Gasteiger partial charge in [0.15, 0.2) is 0 Å². The van der Waals surface area contributed by atoms with Crippen molar-refractivity contribution in [2.45, 2.75) is 24.3 Å². The van der Waals surface area contributed by atoms with Gasteiger partial charge in [-0.1, -0.05) is 0 Å². The van der Waals surface area contributed by atoms with Gasteiger partial charge in [-0.05, 0) is 48.9 Å². The first-order valence-electron chi connectivity index (χ1n) is 3.82. The molecule has 78 valence electrons. The van der Waals surface area contributed by atoms with Crippen LogP contribution < -0.4 is 0 Å². The Morgan fingerprint density at radius 2 is 1.50 bits per heavy atom. The summed E-state index contributed by atoms with van der Waals surface area (Å²) in [4.78, 5) is 0.0823. The Hall–Kier alpha value is -0.710. The molecular weight excluding hydrogens is 216 g/mol. The largest absolute Gasteiger partial charge is 0.446 e. The second-order valence-corrected chi connectivity index (χ2v) is 3.99. The number of hydrogen-bond donors (Lipinski definition) is 0. The van der Waals surface area contributed by atoms with E-state index in [-0.39, 0.29) is 16.7 Å². The highest BCUT2D eigenvalue weighted by Gasteiger charge is 2.30. The van der Waals surface area contributed by atoms with E-state index >= 15 is 0 Å². The fourth-order valence-electron chi connectivity index (χ4n) is 1.17. The van der Waals surface area contributed by atoms with Crippen LogP contribution in [0.1, 0.15) is 11.1 Å². The highest BCUT2D eigenvalue weighted by molar-refractivity contribution is 8.00. The van der Waals surface area contributed by atoms with Crippen molar-refractivity contribution in [3.05, 3.63) is 29.1 Å². The molecule has 0 aliphatic heterocycles. The van der Waals surface area contributed by atoms with E-state index in [1.807, 2.05) is 0 Å². The summed E-state index contributed by atoms with van der Waals surface area (Å²) in [6, 6.07) is 2.20. The predicted molar refractivity (Wildman–Crippen MR) is 47.8 cm³/mol. The Labute approximate surface area is 83.3 Å². The monoisotopic (exact) mass is 224 g/mol. The lowest BCUT2D eigenvalue weighted by molar-refractivity contribution is -0.0328. The van der Waals surface area contributed by atoms with Crippen LogP contribution in [0.2, 0.25) is 0 Å². The normalized spacial score (nSPS) is 11.9. The maximum atomic E-state index is 12.8. The van der Waals surface area contributed by atoms with Crippen LogP contribution in [0.3, 0.4) is 0 Å². The standard InChI is InChI=1S/C9H8F4S/c1-5-3-7(10)4-6(2)8(5)14-9(11,12)13/h3-4H,1-2H3. The molecule has 0 amide bonds. The van der Waals surface area contributed by atoms with Crippen LogP contribution in [0.25, 0.3) is 0 Å². The molecule has 0 atom stereocenters. The van der Waals surface area contributed by atoms with Crippen LogP contribution in [0, 0.1) is 19.7 Å². The number of thioether (sulfide) groups is 1. The molecule has 0 nitrogen and oxygen atoms in total. The topological polar surface area (TPSA) is 0 Å². The van der Waals surface area contributed by atoms with Gasteiger partial charge in [0.05, 0.1) is 0 Å². The van der Waals surface area contributed by atoms with Crippen LogP contribution in [0.15, 0.2) is 17.0 Å². The van der Waals surface area contributed by atoms with Crippen molar-refractivity contribution in [1.29, 1.82) is 0 Å². The van der Waals surface area contributed by atoms with E-state index in [4.69, 9.17) is 0 Å². The van der Waals surface area contributed by atoms with Crippen molar-refractivity contribution < 1.29 is 17.6 Å². The van der Waals surface area contributed by atoms with Gasteiger partial charge >= 0.3 is 5.51 Å². The summed E-state index contributed by atoms with van der Waals surface area (Å²) in [6.07, 6.45) is 0.